The molecule has 3 aromatic rings. The van der Waals surface area contributed by atoms with Crippen molar-refractivity contribution in [2.75, 3.05) is 12.3 Å². The van der Waals surface area contributed by atoms with Crippen LogP contribution in [0.5, 0.6) is 0 Å². The van der Waals surface area contributed by atoms with Crippen molar-refractivity contribution in [3.8, 4) is 0 Å². The van der Waals surface area contributed by atoms with Crippen molar-refractivity contribution in [1.82, 2.24) is 4.90 Å². The van der Waals surface area contributed by atoms with Gasteiger partial charge in [0.1, 0.15) is 11.6 Å². The fourth-order valence-electron chi connectivity index (χ4n) is 2.96. The van der Waals surface area contributed by atoms with Crippen molar-refractivity contribution in [3.63, 3.8) is 0 Å². The second-order valence-corrected chi connectivity index (χ2v) is 8.62. The molecule has 1 nitrogen and oxygen atoms in total. The molecule has 0 aliphatic carbocycles. The average molecular weight is 462 g/mol. The summed E-state index contributed by atoms with van der Waals surface area (Å²) in [6.45, 7) is 2.42. The fourth-order valence-corrected chi connectivity index (χ4v) is 4.05. The molecule has 0 saturated heterocycles. The van der Waals surface area contributed by atoms with E-state index < -0.39 is 0 Å². The minimum Gasteiger partial charge on any atom is -0.295 e. The first-order valence-corrected chi connectivity index (χ1v) is 11.0. The molecule has 0 aliphatic rings. The van der Waals surface area contributed by atoms with Crippen molar-refractivity contribution < 1.29 is 8.78 Å². The van der Waals surface area contributed by atoms with Gasteiger partial charge in [-0.25, -0.2) is 8.78 Å². The Bertz CT molecular complexity index is 872. The van der Waals surface area contributed by atoms with E-state index in [0.717, 1.165) is 35.7 Å². The molecule has 5 heteroatoms. The molecule has 0 aliphatic heterocycles. The first-order chi connectivity index (χ1) is 13.6. The summed E-state index contributed by atoms with van der Waals surface area (Å²) in [4.78, 5) is 3.41. The molecule has 0 spiro atoms. The number of halogens is 3. The summed E-state index contributed by atoms with van der Waals surface area (Å²) in [5.41, 5.74) is 2.20. The van der Waals surface area contributed by atoms with Crippen molar-refractivity contribution in [2.45, 2.75) is 24.4 Å². The molecule has 3 rings (SSSR count). The molecular weight excluding hydrogens is 440 g/mol. The maximum absolute atomic E-state index is 13.9. The third-order valence-corrected chi connectivity index (χ3v) is 6.08. The van der Waals surface area contributed by atoms with E-state index in [2.05, 4.69) is 33.0 Å². The van der Waals surface area contributed by atoms with Crippen LogP contribution in [0.1, 0.15) is 17.5 Å². The highest BCUT2D eigenvalue weighted by atomic mass is 79.9. The summed E-state index contributed by atoms with van der Waals surface area (Å²) >= 11 is 4.94. The van der Waals surface area contributed by atoms with E-state index in [1.807, 2.05) is 36.4 Å². The van der Waals surface area contributed by atoms with Gasteiger partial charge in [-0.05, 0) is 82.2 Å². The number of thioether (sulfide) groups is 1. The molecule has 0 aromatic heterocycles. The van der Waals surface area contributed by atoms with Crippen LogP contribution in [0.2, 0.25) is 0 Å². The van der Waals surface area contributed by atoms with Crippen LogP contribution in [0, 0.1) is 11.6 Å². The molecule has 0 heterocycles. The average Bonchev–Trinajstić information content (AvgIpc) is 2.70. The van der Waals surface area contributed by atoms with Gasteiger partial charge in [0, 0.05) is 18.0 Å². The summed E-state index contributed by atoms with van der Waals surface area (Å²) < 4.78 is 27.4. The van der Waals surface area contributed by atoms with Crippen LogP contribution in [-0.2, 0) is 13.1 Å². The molecular formula is C23H22BrF2NS. The lowest BCUT2D eigenvalue weighted by molar-refractivity contribution is 0.258. The predicted molar refractivity (Wildman–Crippen MR) is 116 cm³/mol. The zero-order valence-corrected chi connectivity index (χ0v) is 17.9. The Kier molecular flexibility index (Phi) is 8.07. The Hall–Kier alpha value is -1.69. The van der Waals surface area contributed by atoms with E-state index in [1.54, 1.807) is 23.9 Å². The van der Waals surface area contributed by atoms with Crippen LogP contribution in [0.25, 0.3) is 0 Å². The molecule has 28 heavy (non-hydrogen) atoms. The number of nitrogens with zero attached hydrogens (tertiary/aromatic N) is 1. The van der Waals surface area contributed by atoms with Crippen molar-refractivity contribution >= 4 is 27.7 Å². The highest BCUT2D eigenvalue weighted by Crippen LogP contribution is 2.21. The van der Waals surface area contributed by atoms with Crippen LogP contribution >= 0.6 is 27.7 Å². The van der Waals surface area contributed by atoms with Gasteiger partial charge in [-0.1, -0.05) is 36.4 Å². The zero-order valence-electron chi connectivity index (χ0n) is 15.5. The summed E-state index contributed by atoms with van der Waals surface area (Å²) in [6, 6.07) is 22.2. The van der Waals surface area contributed by atoms with E-state index in [0.29, 0.717) is 11.0 Å². The maximum Gasteiger partial charge on any atom is 0.137 e. The Labute approximate surface area is 177 Å². The Morgan fingerprint density at radius 1 is 0.821 bits per heavy atom. The minimum absolute atomic E-state index is 0.208. The SMILES string of the molecule is Fc1ccc(SCCCN(Cc2ccccc2)Cc2ccc(Br)c(F)c2)cc1. The number of rotatable bonds is 9. The van der Waals surface area contributed by atoms with Crippen LogP contribution in [0.4, 0.5) is 8.78 Å². The third-order valence-electron chi connectivity index (χ3n) is 4.34. The second-order valence-electron chi connectivity index (χ2n) is 6.60. The maximum atomic E-state index is 13.9. The molecule has 0 radical (unpaired) electrons. The predicted octanol–water partition coefficient (Wildman–Crippen LogP) is 6.91. The molecule has 0 N–H and O–H groups in total. The molecule has 0 atom stereocenters. The van der Waals surface area contributed by atoms with Gasteiger partial charge in [-0.2, -0.15) is 0 Å². The van der Waals surface area contributed by atoms with Crippen LogP contribution < -0.4 is 0 Å². The van der Waals surface area contributed by atoms with Gasteiger partial charge in [0.15, 0.2) is 0 Å². The van der Waals surface area contributed by atoms with Gasteiger partial charge in [0.25, 0.3) is 0 Å². The Morgan fingerprint density at radius 3 is 2.25 bits per heavy atom. The first kappa shape index (κ1) is 21.0. The summed E-state index contributed by atoms with van der Waals surface area (Å²) in [5, 5.41) is 0. The standard InChI is InChI=1S/C23H22BrF2NS/c24-22-12-7-19(15-23(22)26)17-27(16-18-5-2-1-3-6-18)13-4-14-28-21-10-8-20(25)9-11-21/h1-3,5-12,15H,4,13-14,16-17H2. The molecule has 0 fully saturated rings. The van der Waals surface area contributed by atoms with E-state index in [-0.39, 0.29) is 11.6 Å². The number of benzene rings is 3. The van der Waals surface area contributed by atoms with Crippen molar-refractivity contribution in [1.29, 1.82) is 0 Å². The quantitative estimate of drug-likeness (QED) is 0.251. The summed E-state index contributed by atoms with van der Waals surface area (Å²) in [6.07, 6.45) is 0.994. The van der Waals surface area contributed by atoms with Crippen LogP contribution in [0.15, 0.2) is 82.2 Å². The Balaban J connectivity index is 1.58. The molecule has 0 amide bonds. The second kappa shape index (κ2) is 10.7. The lowest BCUT2D eigenvalue weighted by Crippen LogP contribution is -2.24. The van der Waals surface area contributed by atoms with Gasteiger partial charge in [0.2, 0.25) is 0 Å². The van der Waals surface area contributed by atoms with Gasteiger partial charge in [0.05, 0.1) is 4.47 Å². The fraction of sp³-hybridized carbons (Fsp3) is 0.217. The minimum atomic E-state index is -0.232. The van der Waals surface area contributed by atoms with Gasteiger partial charge >= 0.3 is 0 Å². The van der Waals surface area contributed by atoms with E-state index >= 15 is 0 Å². The normalized spacial score (nSPS) is 11.1. The summed E-state index contributed by atoms with van der Waals surface area (Å²) in [5.74, 6) is 0.509. The first-order valence-electron chi connectivity index (χ1n) is 9.19. The molecule has 3 aromatic carbocycles. The topological polar surface area (TPSA) is 3.24 Å². The van der Waals surface area contributed by atoms with Gasteiger partial charge < -0.3 is 0 Å². The van der Waals surface area contributed by atoms with Crippen molar-refractivity contribution in [3.05, 3.63) is 100 Å². The van der Waals surface area contributed by atoms with Crippen molar-refractivity contribution in [2.24, 2.45) is 0 Å². The van der Waals surface area contributed by atoms with E-state index in [4.69, 9.17) is 0 Å². The highest BCUT2D eigenvalue weighted by molar-refractivity contribution is 9.10. The van der Waals surface area contributed by atoms with Crippen LogP contribution in [0.3, 0.4) is 0 Å². The van der Waals surface area contributed by atoms with Crippen LogP contribution in [-0.4, -0.2) is 17.2 Å². The molecule has 0 saturated carbocycles. The van der Waals surface area contributed by atoms with Gasteiger partial charge in [-0.15, -0.1) is 11.8 Å². The monoisotopic (exact) mass is 461 g/mol. The van der Waals surface area contributed by atoms with E-state index in [9.17, 15) is 8.78 Å². The lowest BCUT2D eigenvalue weighted by Gasteiger charge is -2.23. The lowest BCUT2D eigenvalue weighted by atomic mass is 10.1. The molecule has 146 valence electrons. The van der Waals surface area contributed by atoms with E-state index in [1.165, 1.54) is 17.7 Å². The number of hydrogen-bond acceptors (Lipinski definition) is 2. The summed E-state index contributed by atoms with van der Waals surface area (Å²) in [7, 11) is 0. The third kappa shape index (κ3) is 6.73. The van der Waals surface area contributed by atoms with Gasteiger partial charge in [-0.3, -0.25) is 4.90 Å². The smallest absolute Gasteiger partial charge is 0.137 e. The largest absolute Gasteiger partial charge is 0.295 e. The zero-order chi connectivity index (χ0) is 19.8. The molecule has 0 unspecified atom stereocenters. The Morgan fingerprint density at radius 2 is 1.54 bits per heavy atom. The highest BCUT2D eigenvalue weighted by Gasteiger charge is 2.09. The molecule has 0 bridgehead atoms. The number of hydrogen-bond donors (Lipinski definition) is 0.